The SMILES string of the molecule is C[C@@H](O[Si](c1ccccc1)(c1ccccc1)C(C)(C)C)[C@H](N[S@](=O)C(C)(C)C)[Si](C)(c1ccccc1)c1ccccc1. The van der Waals surface area contributed by atoms with Crippen molar-refractivity contribution in [1.29, 1.82) is 0 Å². The van der Waals surface area contributed by atoms with Crippen LogP contribution in [0.15, 0.2) is 121 Å². The van der Waals surface area contributed by atoms with Crippen LogP contribution in [0.5, 0.6) is 0 Å². The van der Waals surface area contributed by atoms with E-state index in [-0.39, 0.29) is 16.8 Å². The standard InChI is InChI=1S/C36H47NO2SSi2/c1-29(39-42(36(5,6)7,32-25-17-11-18-26-32)33-27-19-12-20-28-33)34(37-40(38)35(2,3)4)41(8,30-21-13-9-14-22-30)31-23-15-10-16-24-31/h9-29,34,37H,1-8H3/t29-,34-,40-/m1/s1. The van der Waals surface area contributed by atoms with E-state index in [1.54, 1.807) is 0 Å². The maximum Gasteiger partial charge on any atom is 0.261 e. The molecule has 0 radical (unpaired) electrons. The van der Waals surface area contributed by atoms with E-state index >= 15 is 0 Å². The third-order valence-corrected chi connectivity index (χ3v) is 20.3. The second kappa shape index (κ2) is 12.9. The molecule has 0 unspecified atom stereocenters. The lowest BCUT2D eigenvalue weighted by Gasteiger charge is -2.48. The Morgan fingerprint density at radius 2 is 0.952 bits per heavy atom. The van der Waals surface area contributed by atoms with Crippen molar-refractivity contribution >= 4 is 48.1 Å². The molecule has 1 N–H and O–H groups in total. The van der Waals surface area contributed by atoms with Crippen LogP contribution in [0.3, 0.4) is 0 Å². The van der Waals surface area contributed by atoms with E-state index in [9.17, 15) is 4.21 Å². The fourth-order valence-electron chi connectivity index (χ4n) is 6.11. The zero-order valence-electron chi connectivity index (χ0n) is 26.4. The van der Waals surface area contributed by atoms with Gasteiger partial charge in [0.05, 0.1) is 21.8 Å². The Morgan fingerprint density at radius 3 is 1.26 bits per heavy atom. The Balaban J connectivity index is 1.97. The summed E-state index contributed by atoms with van der Waals surface area (Å²) >= 11 is 0. The van der Waals surface area contributed by atoms with Gasteiger partial charge in [0.15, 0.2) is 0 Å². The summed E-state index contributed by atoms with van der Waals surface area (Å²) in [5, 5.41) is 4.90. The van der Waals surface area contributed by atoms with Crippen LogP contribution in [0.1, 0.15) is 48.5 Å². The smallest absolute Gasteiger partial charge is 0.261 e. The van der Waals surface area contributed by atoms with Gasteiger partial charge < -0.3 is 4.43 Å². The third-order valence-electron chi connectivity index (χ3n) is 8.41. The minimum atomic E-state index is -2.87. The van der Waals surface area contributed by atoms with Crippen molar-refractivity contribution in [2.45, 2.75) is 76.6 Å². The Kier molecular flexibility index (Phi) is 9.95. The molecule has 0 amide bonds. The molecule has 0 saturated carbocycles. The second-order valence-corrected chi connectivity index (χ2v) is 23.8. The van der Waals surface area contributed by atoms with Crippen LogP contribution in [-0.2, 0) is 15.4 Å². The summed E-state index contributed by atoms with van der Waals surface area (Å²) in [6, 6.07) is 43.2. The van der Waals surface area contributed by atoms with Crippen LogP contribution < -0.4 is 25.5 Å². The highest BCUT2D eigenvalue weighted by atomic mass is 32.2. The second-order valence-electron chi connectivity index (χ2n) is 13.4. The quantitative estimate of drug-likeness (QED) is 0.230. The van der Waals surface area contributed by atoms with Gasteiger partial charge >= 0.3 is 0 Å². The monoisotopic (exact) mass is 613 g/mol. The summed E-state index contributed by atoms with van der Waals surface area (Å²) < 4.78 is 25.0. The van der Waals surface area contributed by atoms with Crippen LogP contribution in [0, 0.1) is 0 Å². The molecule has 3 atom stereocenters. The fraction of sp³-hybridized carbons (Fsp3) is 0.333. The summed E-state index contributed by atoms with van der Waals surface area (Å²) in [5.74, 6) is 0. The van der Waals surface area contributed by atoms with Gasteiger partial charge in [0.25, 0.3) is 8.32 Å². The molecule has 0 saturated heterocycles. The number of rotatable bonds is 10. The van der Waals surface area contributed by atoms with Crippen LogP contribution in [-0.4, -0.2) is 37.1 Å². The van der Waals surface area contributed by atoms with Gasteiger partial charge in [-0.25, -0.2) is 8.93 Å². The van der Waals surface area contributed by atoms with E-state index in [1.165, 1.54) is 20.7 Å². The van der Waals surface area contributed by atoms with Gasteiger partial charge in [0.2, 0.25) is 0 Å². The number of hydrogen-bond acceptors (Lipinski definition) is 2. The molecule has 4 aromatic carbocycles. The molecular formula is C36H47NO2SSi2. The number of nitrogens with one attached hydrogen (secondary N) is 1. The van der Waals surface area contributed by atoms with Crippen LogP contribution in [0.2, 0.25) is 11.6 Å². The lowest BCUT2D eigenvalue weighted by Crippen LogP contribution is -2.75. The highest BCUT2D eigenvalue weighted by molar-refractivity contribution is 7.84. The molecule has 6 heteroatoms. The van der Waals surface area contributed by atoms with Crippen molar-refractivity contribution in [3.63, 3.8) is 0 Å². The zero-order chi connectivity index (χ0) is 30.6. The molecule has 0 bridgehead atoms. The summed E-state index contributed by atoms with van der Waals surface area (Å²) in [5.41, 5.74) is -0.177. The molecular weight excluding hydrogens is 567 g/mol. The van der Waals surface area contributed by atoms with Gasteiger partial charge in [-0.1, -0.05) is 159 Å². The predicted molar refractivity (Wildman–Crippen MR) is 187 cm³/mol. The van der Waals surface area contributed by atoms with Gasteiger partial charge in [0.1, 0.15) is 8.07 Å². The zero-order valence-corrected chi connectivity index (χ0v) is 29.2. The van der Waals surface area contributed by atoms with Crippen LogP contribution in [0.25, 0.3) is 0 Å². The number of hydrogen-bond donors (Lipinski definition) is 1. The van der Waals surface area contributed by atoms with Crippen molar-refractivity contribution in [3.8, 4) is 0 Å². The summed E-state index contributed by atoms with van der Waals surface area (Å²) in [6.07, 6.45) is -0.250. The van der Waals surface area contributed by atoms with Gasteiger partial charge in [-0.05, 0) is 43.1 Å². The average Bonchev–Trinajstić information content (AvgIpc) is 2.98. The maximum atomic E-state index is 14.0. The fourth-order valence-corrected chi connectivity index (χ4v) is 16.8. The number of benzene rings is 4. The highest BCUT2D eigenvalue weighted by Crippen LogP contribution is 2.38. The molecule has 4 rings (SSSR count). The van der Waals surface area contributed by atoms with Crippen LogP contribution >= 0.6 is 0 Å². The Bertz CT molecular complexity index is 1360. The molecule has 222 valence electrons. The lowest BCUT2D eigenvalue weighted by molar-refractivity contribution is 0.194. The van der Waals surface area contributed by atoms with Crippen molar-refractivity contribution in [3.05, 3.63) is 121 Å². The van der Waals surface area contributed by atoms with Crippen molar-refractivity contribution in [2.24, 2.45) is 0 Å². The first-order chi connectivity index (χ1) is 19.8. The molecule has 0 heterocycles. The predicted octanol–water partition coefficient (Wildman–Crippen LogP) is 5.80. The topological polar surface area (TPSA) is 38.3 Å². The Morgan fingerprint density at radius 1 is 0.619 bits per heavy atom. The molecule has 3 nitrogen and oxygen atoms in total. The first-order valence-corrected chi connectivity index (χ1v) is 20.5. The molecule has 0 spiro atoms. The summed E-state index contributed by atoms with van der Waals surface area (Å²) in [4.78, 5) is 0. The molecule has 0 aliphatic rings. The first-order valence-electron chi connectivity index (χ1n) is 14.9. The summed E-state index contributed by atoms with van der Waals surface area (Å²) in [6.45, 7) is 17.6. The molecule has 0 aliphatic carbocycles. The first kappa shape index (κ1) is 32.3. The Hall–Kier alpha value is -2.62. The third kappa shape index (κ3) is 6.48. The molecule has 0 aliphatic heterocycles. The minimum absolute atomic E-state index is 0.171. The van der Waals surface area contributed by atoms with Crippen molar-refractivity contribution < 1.29 is 8.63 Å². The highest BCUT2D eigenvalue weighted by Gasteiger charge is 2.54. The van der Waals surface area contributed by atoms with Gasteiger partial charge in [0, 0.05) is 5.67 Å². The minimum Gasteiger partial charge on any atom is -0.403 e. The average molecular weight is 614 g/mol. The van der Waals surface area contributed by atoms with Gasteiger partial charge in [-0.15, -0.1) is 0 Å². The van der Waals surface area contributed by atoms with Crippen LogP contribution in [0.4, 0.5) is 0 Å². The van der Waals surface area contributed by atoms with Crippen molar-refractivity contribution in [2.75, 3.05) is 0 Å². The van der Waals surface area contributed by atoms with E-state index in [1.807, 2.05) is 20.8 Å². The summed E-state index contributed by atoms with van der Waals surface area (Å²) in [7, 11) is -6.77. The van der Waals surface area contributed by atoms with E-state index in [0.717, 1.165) is 0 Å². The van der Waals surface area contributed by atoms with Crippen molar-refractivity contribution in [1.82, 2.24) is 4.72 Å². The van der Waals surface area contributed by atoms with E-state index in [0.29, 0.717) is 0 Å². The molecule has 4 aromatic rings. The Labute approximate surface area is 258 Å². The van der Waals surface area contributed by atoms with E-state index < -0.39 is 32.1 Å². The van der Waals surface area contributed by atoms with Gasteiger partial charge in [-0.3, -0.25) is 0 Å². The maximum absolute atomic E-state index is 14.0. The van der Waals surface area contributed by atoms with E-state index in [4.69, 9.17) is 4.43 Å². The lowest BCUT2D eigenvalue weighted by atomic mass is 10.2. The molecule has 42 heavy (non-hydrogen) atoms. The molecule has 0 aromatic heterocycles. The van der Waals surface area contributed by atoms with E-state index in [2.05, 4.69) is 160 Å². The normalized spacial score (nSPS) is 15.1. The largest absolute Gasteiger partial charge is 0.403 e. The molecule has 0 fully saturated rings. The van der Waals surface area contributed by atoms with Gasteiger partial charge in [-0.2, -0.15) is 0 Å².